The largest absolute Gasteiger partial charge is 0.363 e. The van der Waals surface area contributed by atoms with Crippen LogP contribution >= 0.6 is 0 Å². The second kappa shape index (κ2) is 6.59. The molecule has 1 heterocycles. The number of nitrogens with one attached hydrogen (secondary N) is 2. The van der Waals surface area contributed by atoms with Gasteiger partial charge in [-0.25, -0.2) is 8.42 Å². The molecule has 0 radical (unpaired) electrons. The number of hydrogen-bond donors (Lipinski definition) is 2. The highest BCUT2D eigenvalue weighted by molar-refractivity contribution is 7.89. The summed E-state index contributed by atoms with van der Waals surface area (Å²) in [5.41, 5.74) is 0.827. The Balaban J connectivity index is 2.98. The van der Waals surface area contributed by atoms with Gasteiger partial charge in [-0.15, -0.1) is 6.42 Å². The summed E-state index contributed by atoms with van der Waals surface area (Å²) in [6, 6.07) is 1.63. The van der Waals surface area contributed by atoms with E-state index in [1.165, 1.54) is 10.5 Å². The standard InChI is InChI=1S/C12H19N3O2S/c1-4-6-15(7-5-2)18(16,17)12-8-11(9-13-3)14-10-12/h1,8,10,13-14H,5-7,9H2,2-3H3. The molecule has 0 aliphatic heterocycles. The smallest absolute Gasteiger partial charge is 0.245 e. The molecule has 0 amide bonds. The summed E-state index contributed by atoms with van der Waals surface area (Å²) in [6.07, 6.45) is 7.45. The highest BCUT2D eigenvalue weighted by atomic mass is 32.2. The number of rotatable bonds is 7. The van der Waals surface area contributed by atoms with Crippen LogP contribution in [-0.2, 0) is 16.6 Å². The van der Waals surface area contributed by atoms with Gasteiger partial charge < -0.3 is 10.3 Å². The number of aromatic amines is 1. The quantitative estimate of drug-likeness (QED) is 0.719. The molecule has 2 N–H and O–H groups in total. The Morgan fingerprint density at radius 1 is 1.56 bits per heavy atom. The SMILES string of the molecule is C#CCN(CCC)S(=O)(=O)c1c[nH]c(CNC)c1. The van der Waals surface area contributed by atoms with Gasteiger partial charge in [0, 0.05) is 25.0 Å². The second-order valence-corrected chi connectivity index (χ2v) is 5.87. The van der Waals surface area contributed by atoms with Gasteiger partial charge in [-0.05, 0) is 19.5 Å². The molecule has 1 aromatic heterocycles. The fraction of sp³-hybridized carbons (Fsp3) is 0.500. The lowest BCUT2D eigenvalue weighted by Gasteiger charge is -2.17. The molecular weight excluding hydrogens is 250 g/mol. The van der Waals surface area contributed by atoms with Crippen molar-refractivity contribution in [1.82, 2.24) is 14.6 Å². The Hall–Kier alpha value is -1.29. The zero-order valence-corrected chi connectivity index (χ0v) is 11.5. The zero-order valence-electron chi connectivity index (χ0n) is 10.7. The van der Waals surface area contributed by atoms with E-state index >= 15 is 0 Å². The Kier molecular flexibility index (Phi) is 5.41. The summed E-state index contributed by atoms with van der Waals surface area (Å²) in [6.45, 7) is 3.04. The average Bonchev–Trinajstić information content (AvgIpc) is 2.78. The molecule has 0 aliphatic carbocycles. The van der Waals surface area contributed by atoms with Gasteiger partial charge >= 0.3 is 0 Å². The summed E-state index contributed by atoms with van der Waals surface area (Å²) in [7, 11) is -1.69. The summed E-state index contributed by atoms with van der Waals surface area (Å²) < 4.78 is 26.0. The maximum Gasteiger partial charge on any atom is 0.245 e. The lowest BCUT2D eigenvalue weighted by Crippen LogP contribution is -2.32. The van der Waals surface area contributed by atoms with E-state index in [9.17, 15) is 8.42 Å². The van der Waals surface area contributed by atoms with Crippen molar-refractivity contribution in [3.8, 4) is 12.3 Å². The van der Waals surface area contributed by atoms with Crippen molar-refractivity contribution in [1.29, 1.82) is 0 Å². The van der Waals surface area contributed by atoms with Crippen molar-refractivity contribution >= 4 is 10.0 Å². The first-order chi connectivity index (χ1) is 8.56. The predicted octanol–water partition coefficient (Wildman–Crippen LogP) is 0.768. The van der Waals surface area contributed by atoms with Crippen LogP contribution in [0.2, 0.25) is 0 Å². The molecule has 6 heteroatoms. The zero-order chi connectivity index (χ0) is 13.6. The van der Waals surface area contributed by atoms with Crippen molar-refractivity contribution in [2.45, 2.75) is 24.8 Å². The van der Waals surface area contributed by atoms with Gasteiger partial charge in [-0.1, -0.05) is 12.8 Å². The number of aromatic nitrogens is 1. The molecule has 0 saturated carbocycles. The number of sulfonamides is 1. The maximum atomic E-state index is 12.3. The number of terminal acetylenes is 1. The van der Waals surface area contributed by atoms with Crippen LogP contribution in [0.15, 0.2) is 17.2 Å². The van der Waals surface area contributed by atoms with Gasteiger partial charge in [0.25, 0.3) is 0 Å². The molecule has 5 nitrogen and oxygen atoms in total. The fourth-order valence-electron chi connectivity index (χ4n) is 1.64. The molecule has 100 valence electrons. The van der Waals surface area contributed by atoms with Crippen LogP contribution in [0.3, 0.4) is 0 Å². The van der Waals surface area contributed by atoms with Crippen molar-refractivity contribution in [3.63, 3.8) is 0 Å². The molecule has 0 aromatic carbocycles. The Bertz CT molecular complexity index is 514. The second-order valence-electron chi connectivity index (χ2n) is 3.93. The Morgan fingerprint density at radius 2 is 2.28 bits per heavy atom. The molecule has 1 aromatic rings. The van der Waals surface area contributed by atoms with Crippen molar-refractivity contribution in [3.05, 3.63) is 18.0 Å². The van der Waals surface area contributed by atoms with Gasteiger partial charge in [0.2, 0.25) is 10.0 Å². The fourth-order valence-corrected chi connectivity index (χ4v) is 3.11. The van der Waals surface area contributed by atoms with Gasteiger partial charge in [-0.3, -0.25) is 0 Å². The Labute approximate surface area is 109 Å². The van der Waals surface area contributed by atoms with Crippen LogP contribution in [0.4, 0.5) is 0 Å². The minimum absolute atomic E-state index is 0.0999. The van der Waals surface area contributed by atoms with Crippen LogP contribution < -0.4 is 5.32 Å². The van der Waals surface area contributed by atoms with E-state index in [4.69, 9.17) is 6.42 Å². The average molecular weight is 269 g/mol. The maximum absolute atomic E-state index is 12.3. The van der Waals surface area contributed by atoms with Crippen LogP contribution in [0, 0.1) is 12.3 Å². The molecule has 18 heavy (non-hydrogen) atoms. The van der Waals surface area contributed by atoms with Gasteiger partial charge in [0.05, 0.1) is 11.4 Å². The van der Waals surface area contributed by atoms with E-state index in [0.717, 1.165) is 12.1 Å². The highest BCUT2D eigenvalue weighted by Gasteiger charge is 2.24. The summed E-state index contributed by atoms with van der Waals surface area (Å²) >= 11 is 0. The molecule has 0 spiro atoms. The summed E-state index contributed by atoms with van der Waals surface area (Å²) in [4.78, 5) is 3.19. The minimum atomic E-state index is -3.49. The third kappa shape index (κ3) is 3.35. The first-order valence-corrected chi connectivity index (χ1v) is 7.25. The molecule has 0 bridgehead atoms. The van der Waals surface area contributed by atoms with Gasteiger partial charge in [-0.2, -0.15) is 4.31 Å². The van der Waals surface area contributed by atoms with Crippen LogP contribution in [-0.4, -0.2) is 37.8 Å². The number of nitrogens with zero attached hydrogens (tertiary/aromatic N) is 1. The normalized spacial score (nSPS) is 11.7. The first-order valence-electron chi connectivity index (χ1n) is 5.81. The molecule has 0 saturated heterocycles. The Morgan fingerprint density at radius 3 is 2.83 bits per heavy atom. The van der Waals surface area contributed by atoms with Crippen LogP contribution in [0.25, 0.3) is 0 Å². The third-order valence-corrected chi connectivity index (χ3v) is 4.28. The lowest BCUT2D eigenvalue weighted by atomic mass is 10.4. The predicted molar refractivity (Wildman–Crippen MR) is 71.4 cm³/mol. The van der Waals surface area contributed by atoms with E-state index in [-0.39, 0.29) is 11.4 Å². The third-order valence-electron chi connectivity index (χ3n) is 2.46. The summed E-state index contributed by atoms with van der Waals surface area (Å²) in [5, 5.41) is 2.96. The molecule has 0 aliphatic rings. The van der Waals surface area contributed by atoms with E-state index < -0.39 is 10.0 Å². The van der Waals surface area contributed by atoms with E-state index in [0.29, 0.717) is 13.1 Å². The van der Waals surface area contributed by atoms with Gasteiger partial charge in [0.15, 0.2) is 0 Å². The molecule has 0 unspecified atom stereocenters. The highest BCUT2D eigenvalue weighted by Crippen LogP contribution is 2.16. The topological polar surface area (TPSA) is 65.2 Å². The molecule has 0 fully saturated rings. The molecular formula is C12H19N3O2S. The van der Waals surface area contributed by atoms with Crippen molar-refractivity contribution in [2.75, 3.05) is 20.1 Å². The van der Waals surface area contributed by atoms with Crippen LogP contribution in [0.5, 0.6) is 0 Å². The lowest BCUT2D eigenvalue weighted by molar-refractivity contribution is 0.446. The number of hydrogen-bond acceptors (Lipinski definition) is 3. The molecule has 0 atom stereocenters. The number of H-pyrrole nitrogens is 1. The summed E-state index contributed by atoms with van der Waals surface area (Å²) in [5.74, 6) is 2.38. The van der Waals surface area contributed by atoms with E-state index in [1.807, 2.05) is 6.92 Å². The van der Waals surface area contributed by atoms with E-state index in [1.54, 1.807) is 13.1 Å². The first kappa shape index (κ1) is 14.8. The van der Waals surface area contributed by atoms with Gasteiger partial charge in [0.1, 0.15) is 0 Å². The van der Waals surface area contributed by atoms with Crippen LogP contribution in [0.1, 0.15) is 19.0 Å². The molecule has 1 rings (SSSR count). The van der Waals surface area contributed by atoms with Crippen molar-refractivity contribution in [2.24, 2.45) is 0 Å². The minimum Gasteiger partial charge on any atom is -0.363 e. The van der Waals surface area contributed by atoms with Crippen molar-refractivity contribution < 1.29 is 8.42 Å². The monoisotopic (exact) mass is 269 g/mol. The van der Waals surface area contributed by atoms with E-state index in [2.05, 4.69) is 16.2 Å².